The fourth-order valence-corrected chi connectivity index (χ4v) is 7.30. The fourth-order valence-electron chi connectivity index (χ4n) is 6.77. The monoisotopic (exact) mass is 607 g/mol. The van der Waals surface area contributed by atoms with E-state index in [0.717, 1.165) is 77.1 Å². The molecular weight excluding hydrogens is 581 g/mol. The highest BCUT2D eigenvalue weighted by Crippen LogP contribution is 2.41. The topological polar surface area (TPSA) is 59.5 Å². The van der Waals surface area contributed by atoms with Crippen molar-refractivity contribution in [1.29, 1.82) is 5.16 Å². The van der Waals surface area contributed by atoms with Crippen molar-refractivity contribution in [1.82, 2.24) is 19.1 Å². The van der Waals surface area contributed by atoms with Crippen LogP contribution < -0.4 is 5.30 Å². The Morgan fingerprint density at radius 1 is 0.478 bits per heavy atom. The van der Waals surface area contributed by atoms with Gasteiger partial charge in [-0.15, -0.1) is 0 Å². The standard InChI is InChI=1S/C40H26N5P/c41-46-36-24-31-29-20-10-12-22-34(29)44(28-18-8-3-9-19-28)38(31)39-37(36)30-21-11-13-23-35(30)45(39)40-42-32(26-14-4-1-5-15-26)25-33(43-40)27-16-6-2-7-17-27/h1-25,41H. The first-order valence-corrected chi connectivity index (χ1v) is 16.1. The summed E-state index contributed by atoms with van der Waals surface area (Å²) < 4.78 is 4.57. The van der Waals surface area contributed by atoms with Crippen LogP contribution >= 0.6 is 8.37 Å². The molecule has 216 valence electrons. The summed E-state index contributed by atoms with van der Waals surface area (Å²) in [5.74, 6) is 0.594. The summed E-state index contributed by atoms with van der Waals surface area (Å²) in [5, 5.41) is 14.0. The minimum atomic E-state index is 0.451. The molecule has 0 aliphatic carbocycles. The van der Waals surface area contributed by atoms with E-state index >= 15 is 0 Å². The molecule has 1 N–H and O–H groups in total. The third-order valence-electron chi connectivity index (χ3n) is 8.74. The minimum absolute atomic E-state index is 0.451. The maximum Gasteiger partial charge on any atom is 0.235 e. The Hall–Kier alpha value is -5.90. The second kappa shape index (κ2) is 10.6. The van der Waals surface area contributed by atoms with E-state index in [1.807, 2.05) is 36.4 Å². The summed E-state index contributed by atoms with van der Waals surface area (Å²) in [6.07, 6.45) is 0. The molecule has 0 aliphatic heterocycles. The van der Waals surface area contributed by atoms with E-state index in [9.17, 15) is 0 Å². The molecule has 3 aromatic heterocycles. The SMILES string of the molecule is N=Pc1cc2c3ccccc3n(-c3ccccc3)c2c2c1c1ccccc1n2-c1nc(-c2ccccc2)cc(-c2ccccc2)n1. The zero-order chi connectivity index (χ0) is 30.6. The van der Waals surface area contributed by atoms with E-state index in [4.69, 9.17) is 15.1 Å². The number of fused-ring (bicyclic) bond motifs is 7. The van der Waals surface area contributed by atoms with Crippen molar-refractivity contribution in [3.05, 3.63) is 152 Å². The first-order valence-electron chi connectivity index (χ1n) is 15.2. The summed E-state index contributed by atoms with van der Waals surface area (Å²) in [6, 6.07) is 52.4. The van der Waals surface area contributed by atoms with Crippen molar-refractivity contribution < 1.29 is 0 Å². The van der Waals surface area contributed by atoms with Gasteiger partial charge in [-0.3, -0.25) is 9.73 Å². The maximum absolute atomic E-state index is 8.69. The van der Waals surface area contributed by atoms with Gasteiger partial charge in [0.2, 0.25) is 5.95 Å². The van der Waals surface area contributed by atoms with Crippen LogP contribution in [0, 0.1) is 5.16 Å². The van der Waals surface area contributed by atoms with Gasteiger partial charge in [0.15, 0.2) is 0 Å². The lowest BCUT2D eigenvalue weighted by molar-refractivity contribution is 0.995. The third-order valence-corrected chi connectivity index (χ3v) is 9.33. The molecular formula is C40H26N5P. The summed E-state index contributed by atoms with van der Waals surface area (Å²) in [7, 11) is 0.451. The highest BCUT2D eigenvalue weighted by atomic mass is 31.1. The smallest absolute Gasteiger partial charge is 0.235 e. The van der Waals surface area contributed by atoms with Crippen LogP contribution in [0.15, 0.2) is 152 Å². The van der Waals surface area contributed by atoms with Gasteiger partial charge in [-0.1, -0.05) is 115 Å². The van der Waals surface area contributed by atoms with Crippen LogP contribution in [0.5, 0.6) is 0 Å². The first kappa shape index (κ1) is 26.5. The van der Waals surface area contributed by atoms with E-state index in [0.29, 0.717) is 14.3 Å². The predicted octanol–water partition coefficient (Wildman–Crippen LogP) is 10.3. The lowest BCUT2D eigenvalue weighted by atomic mass is 10.1. The molecule has 6 aromatic carbocycles. The van der Waals surface area contributed by atoms with Crippen LogP contribution in [0.4, 0.5) is 0 Å². The molecule has 0 saturated carbocycles. The Morgan fingerprint density at radius 2 is 1.00 bits per heavy atom. The van der Waals surface area contributed by atoms with Crippen molar-refractivity contribution >= 4 is 57.3 Å². The van der Waals surface area contributed by atoms with Gasteiger partial charge in [0.25, 0.3) is 0 Å². The molecule has 0 aliphatic rings. The Morgan fingerprint density at radius 3 is 1.61 bits per heavy atom. The van der Waals surface area contributed by atoms with Crippen molar-refractivity contribution in [2.75, 3.05) is 0 Å². The number of rotatable bonds is 5. The van der Waals surface area contributed by atoms with Crippen molar-refractivity contribution in [2.45, 2.75) is 0 Å². The number of hydrogen-bond acceptors (Lipinski definition) is 3. The summed E-state index contributed by atoms with van der Waals surface area (Å²) in [6.45, 7) is 0. The quantitative estimate of drug-likeness (QED) is 0.198. The van der Waals surface area contributed by atoms with Crippen LogP contribution in [0.25, 0.3) is 77.8 Å². The third kappa shape index (κ3) is 4.03. The van der Waals surface area contributed by atoms with Gasteiger partial charge in [0.05, 0.1) is 33.5 Å². The van der Waals surface area contributed by atoms with Gasteiger partial charge in [-0.2, -0.15) is 0 Å². The normalized spacial score (nSPS) is 11.7. The molecule has 46 heavy (non-hydrogen) atoms. The van der Waals surface area contributed by atoms with E-state index in [1.54, 1.807) is 0 Å². The fraction of sp³-hybridized carbons (Fsp3) is 0. The van der Waals surface area contributed by atoms with Gasteiger partial charge >= 0.3 is 0 Å². The Balaban J connectivity index is 1.51. The van der Waals surface area contributed by atoms with Crippen molar-refractivity contribution in [3.8, 4) is 34.2 Å². The van der Waals surface area contributed by atoms with Gasteiger partial charge in [0.1, 0.15) is 0 Å². The lowest BCUT2D eigenvalue weighted by Gasteiger charge is -2.14. The van der Waals surface area contributed by atoms with Crippen LogP contribution in [0.1, 0.15) is 0 Å². The molecule has 0 atom stereocenters. The molecule has 0 spiro atoms. The molecule has 9 rings (SSSR count). The van der Waals surface area contributed by atoms with Crippen molar-refractivity contribution in [2.24, 2.45) is 0 Å². The maximum atomic E-state index is 8.69. The average molecular weight is 608 g/mol. The second-order valence-electron chi connectivity index (χ2n) is 11.3. The van der Waals surface area contributed by atoms with E-state index in [-0.39, 0.29) is 0 Å². The number of nitrogens with zero attached hydrogens (tertiary/aromatic N) is 4. The van der Waals surface area contributed by atoms with Crippen LogP contribution in [0.3, 0.4) is 0 Å². The number of nitrogens with one attached hydrogen (secondary N) is 1. The molecule has 0 bridgehead atoms. The lowest BCUT2D eigenvalue weighted by Crippen LogP contribution is -2.06. The van der Waals surface area contributed by atoms with Crippen LogP contribution in [0.2, 0.25) is 0 Å². The Bertz CT molecular complexity index is 2530. The second-order valence-corrected chi connectivity index (χ2v) is 12.0. The van der Waals surface area contributed by atoms with Gasteiger partial charge < -0.3 is 4.57 Å². The molecule has 5 nitrogen and oxygen atoms in total. The number of hydrogen-bond donors (Lipinski definition) is 1. The summed E-state index contributed by atoms with van der Waals surface area (Å²) in [4.78, 5) is 10.6. The zero-order valence-corrected chi connectivity index (χ0v) is 25.6. The van der Waals surface area contributed by atoms with Gasteiger partial charge in [0, 0.05) is 52.0 Å². The molecule has 0 amide bonds. The highest BCUT2D eigenvalue weighted by molar-refractivity contribution is 7.36. The molecule has 6 heteroatoms. The minimum Gasteiger partial charge on any atom is -0.307 e. The number of aromatic nitrogens is 4. The molecule has 0 radical (unpaired) electrons. The molecule has 0 fully saturated rings. The number of para-hydroxylation sites is 3. The van der Waals surface area contributed by atoms with Gasteiger partial charge in [-0.25, -0.2) is 9.97 Å². The van der Waals surface area contributed by atoms with Gasteiger partial charge in [-0.05, 0) is 36.4 Å². The summed E-state index contributed by atoms with van der Waals surface area (Å²) in [5.41, 5.74) is 9.02. The largest absolute Gasteiger partial charge is 0.307 e. The molecule has 0 unspecified atom stereocenters. The summed E-state index contributed by atoms with van der Waals surface area (Å²) >= 11 is 0. The van der Waals surface area contributed by atoms with E-state index in [1.165, 1.54) is 0 Å². The Kier molecular flexibility index (Phi) is 6.12. The van der Waals surface area contributed by atoms with E-state index < -0.39 is 0 Å². The molecule has 3 heterocycles. The number of benzene rings is 6. The highest BCUT2D eigenvalue weighted by Gasteiger charge is 2.25. The van der Waals surface area contributed by atoms with E-state index in [2.05, 4.69) is 124 Å². The molecule has 9 aromatic rings. The molecule has 0 saturated heterocycles. The first-order chi connectivity index (χ1) is 22.8. The van der Waals surface area contributed by atoms with Crippen molar-refractivity contribution in [3.63, 3.8) is 0 Å². The average Bonchev–Trinajstić information content (AvgIpc) is 3.66. The van der Waals surface area contributed by atoms with Crippen LogP contribution in [-0.4, -0.2) is 19.1 Å². The zero-order valence-electron chi connectivity index (χ0n) is 24.7. The Labute approximate surface area is 266 Å². The predicted molar refractivity (Wildman–Crippen MR) is 191 cm³/mol. The van der Waals surface area contributed by atoms with Crippen LogP contribution in [-0.2, 0) is 0 Å².